The van der Waals surface area contributed by atoms with Crippen LogP contribution in [0.3, 0.4) is 0 Å². The first-order valence-electron chi connectivity index (χ1n) is 23.6. The van der Waals surface area contributed by atoms with Crippen molar-refractivity contribution in [2.24, 2.45) is 33.9 Å². The Bertz CT molecular complexity index is 2130. The molecule has 3 N–H and O–H groups in total. The van der Waals surface area contributed by atoms with E-state index >= 15 is 0 Å². The Balaban J connectivity index is 1.63. The second-order valence-corrected chi connectivity index (χ2v) is 19.3. The van der Waals surface area contributed by atoms with Gasteiger partial charge in [-0.3, -0.25) is 9.59 Å². The fraction of sp³-hybridized carbons (Fsp3) is 0.585. The first kappa shape index (κ1) is 53.4. The molecule has 5 rings (SSSR count). The maximum atomic E-state index is 14.5. The third-order valence-corrected chi connectivity index (χ3v) is 14.0. The molecule has 0 aliphatic carbocycles. The highest BCUT2D eigenvalue weighted by Gasteiger charge is 2.52. The lowest BCUT2D eigenvalue weighted by atomic mass is 9.73. The number of cyclic esters (lactones) is 1. The Morgan fingerprint density at radius 1 is 0.896 bits per heavy atom. The number of hydrogen-bond donors (Lipinski definition) is 3. The topological polar surface area (TPSA) is 178 Å². The average molecular weight is 930 g/mol. The number of esters is 2. The van der Waals surface area contributed by atoms with Gasteiger partial charge in [-0.2, -0.15) is 10.2 Å². The molecule has 0 saturated carbocycles. The molecular weight excluding hydrogens is 855 g/mol. The Labute approximate surface area is 397 Å². The summed E-state index contributed by atoms with van der Waals surface area (Å²) < 4.78 is 37.6. The van der Waals surface area contributed by atoms with Crippen molar-refractivity contribution in [3.63, 3.8) is 0 Å². The molecule has 14 atom stereocenters. The van der Waals surface area contributed by atoms with E-state index < -0.39 is 83.6 Å². The third-order valence-electron chi connectivity index (χ3n) is 14.0. The van der Waals surface area contributed by atoms with Crippen molar-refractivity contribution < 1.29 is 53.3 Å². The van der Waals surface area contributed by atoms with Crippen molar-refractivity contribution in [1.82, 2.24) is 4.90 Å². The average Bonchev–Trinajstić information content (AvgIpc) is 3.31. The number of aliphatic hydroxyl groups excluding tert-OH is 2. The van der Waals surface area contributed by atoms with E-state index in [2.05, 4.69) is 12.1 Å². The van der Waals surface area contributed by atoms with Gasteiger partial charge in [0.2, 0.25) is 0 Å². The highest BCUT2D eigenvalue weighted by molar-refractivity contribution is 6.00. The molecule has 2 fully saturated rings. The maximum absolute atomic E-state index is 14.5. The van der Waals surface area contributed by atoms with E-state index in [9.17, 15) is 24.9 Å². The predicted octanol–water partition coefficient (Wildman–Crippen LogP) is 7.28. The number of carbonyl (C=O) groups is 2. The van der Waals surface area contributed by atoms with Crippen molar-refractivity contribution in [2.45, 2.75) is 148 Å². The zero-order valence-electron chi connectivity index (χ0n) is 41.7. The monoisotopic (exact) mass is 930 g/mol. The van der Waals surface area contributed by atoms with Crippen LogP contribution in [0.5, 0.6) is 5.75 Å². The fourth-order valence-corrected chi connectivity index (χ4v) is 9.81. The molecule has 2 saturated heterocycles. The van der Waals surface area contributed by atoms with E-state index in [0.29, 0.717) is 29.2 Å². The van der Waals surface area contributed by atoms with Gasteiger partial charge < -0.3 is 48.6 Å². The molecule has 0 spiro atoms. The summed E-state index contributed by atoms with van der Waals surface area (Å²) in [7, 11) is 6.89. The van der Waals surface area contributed by atoms with Gasteiger partial charge in [-0.15, -0.1) is 0 Å². The van der Waals surface area contributed by atoms with Gasteiger partial charge >= 0.3 is 11.9 Å². The summed E-state index contributed by atoms with van der Waals surface area (Å²) in [6.45, 7) is 16.0. The van der Waals surface area contributed by atoms with Gasteiger partial charge in [-0.25, -0.2) is 0 Å². The highest BCUT2D eigenvalue weighted by atomic mass is 16.7. The third kappa shape index (κ3) is 12.8. The molecule has 0 radical (unpaired) electrons. The van der Waals surface area contributed by atoms with Crippen LogP contribution < -0.4 is 4.74 Å². The summed E-state index contributed by atoms with van der Waals surface area (Å²) in [6.07, 6.45) is -6.56. The Morgan fingerprint density at radius 3 is 2.10 bits per heavy atom. The minimum Gasteiger partial charge on any atom is -0.497 e. The highest BCUT2D eigenvalue weighted by Crippen LogP contribution is 2.40. The molecule has 14 nitrogen and oxygen atoms in total. The Kier molecular flexibility index (Phi) is 18.5. The largest absolute Gasteiger partial charge is 0.497 e. The van der Waals surface area contributed by atoms with Gasteiger partial charge in [-0.1, -0.05) is 94.4 Å². The smallest absolute Gasteiger partial charge is 0.312 e. The number of likely N-dealkylation sites (N-methyl/N-ethyl adjacent to an activating group) is 1. The predicted molar refractivity (Wildman–Crippen MR) is 259 cm³/mol. The van der Waals surface area contributed by atoms with E-state index in [0.717, 1.165) is 16.7 Å². The summed E-state index contributed by atoms with van der Waals surface area (Å²) in [5.41, 5.74) is 1.50. The minimum atomic E-state index is -1.96. The number of rotatable bonds is 12. The van der Waals surface area contributed by atoms with E-state index in [1.165, 1.54) is 6.92 Å². The van der Waals surface area contributed by atoms with Gasteiger partial charge in [0.15, 0.2) is 6.29 Å². The van der Waals surface area contributed by atoms with Crippen LogP contribution in [0, 0.1) is 23.7 Å². The number of ether oxygens (including phenoxy) is 6. The fourth-order valence-electron chi connectivity index (χ4n) is 9.81. The minimum absolute atomic E-state index is 0.112. The summed E-state index contributed by atoms with van der Waals surface area (Å²) >= 11 is 0. The summed E-state index contributed by atoms with van der Waals surface area (Å²) in [5, 5.41) is 45.8. The van der Waals surface area contributed by atoms with Gasteiger partial charge in [-0.05, 0) is 108 Å². The van der Waals surface area contributed by atoms with Crippen LogP contribution >= 0.6 is 0 Å². The molecule has 0 amide bonds. The van der Waals surface area contributed by atoms with Gasteiger partial charge in [0.1, 0.15) is 29.7 Å². The number of aliphatic hydroxyl groups is 3. The van der Waals surface area contributed by atoms with E-state index in [4.69, 9.17) is 38.6 Å². The summed E-state index contributed by atoms with van der Waals surface area (Å²) in [4.78, 5) is 30.4. The zero-order valence-corrected chi connectivity index (χ0v) is 41.7. The van der Waals surface area contributed by atoms with Crippen molar-refractivity contribution in [2.75, 3.05) is 28.3 Å². The van der Waals surface area contributed by atoms with E-state index in [1.807, 2.05) is 96.1 Å². The van der Waals surface area contributed by atoms with Crippen LogP contribution in [-0.2, 0) is 39.7 Å². The van der Waals surface area contributed by atoms with E-state index in [-0.39, 0.29) is 31.4 Å². The lowest BCUT2D eigenvalue weighted by molar-refractivity contribution is -0.301. The molecule has 2 heterocycles. The van der Waals surface area contributed by atoms with Gasteiger partial charge in [0.25, 0.3) is 0 Å². The molecule has 14 heteroatoms. The Morgan fingerprint density at radius 2 is 1.52 bits per heavy atom. The van der Waals surface area contributed by atoms with Crippen molar-refractivity contribution >= 4 is 23.4 Å². The second kappa shape index (κ2) is 23.2. The SMILES string of the molecule is CCC1OC(=O)C(C)C(OC(=O)Cc2ccc(OC)cc2)C(C)C(OC2OC(C)CC(N(C)C)C2O)C(C)(OC)CC(C)C(=NN=C(C)c2ccc(-c3ccccc3)cc2)C(C)C(O)C1(C)O. The number of benzene rings is 3. The second-order valence-electron chi connectivity index (χ2n) is 19.3. The summed E-state index contributed by atoms with van der Waals surface area (Å²) in [6, 6.07) is 24.8. The molecule has 0 bridgehead atoms. The molecule has 2 aliphatic rings. The summed E-state index contributed by atoms with van der Waals surface area (Å²) in [5.74, 6) is -3.96. The van der Waals surface area contributed by atoms with Crippen LogP contribution in [-0.4, -0.2) is 132 Å². The number of methoxy groups -OCH3 is 2. The maximum Gasteiger partial charge on any atom is 0.312 e. The van der Waals surface area contributed by atoms with Crippen LogP contribution in [0.25, 0.3) is 11.1 Å². The van der Waals surface area contributed by atoms with Gasteiger partial charge in [0.05, 0.1) is 49.1 Å². The normalized spacial score (nSPS) is 34.3. The lowest BCUT2D eigenvalue weighted by Gasteiger charge is -2.48. The number of hydrogen-bond acceptors (Lipinski definition) is 14. The lowest BCUT2D eigenvalue weighted by Crippen LogP contribution is -2.60. The number of carbonyl (C=O) groups excluding carboxylic acids is 2. The molecule has 368 valence electrons. The standard InChI is InChI=1S/C53H75N3O11/c1-14-43-53(9,61)48(59)33(4)45(55-54-36(7)38-22-24-40(25-23-38)39-18-16-15-17-19-39)31(2)30-52(8,63-13)49(67-51-46(58)42(56(10)11)28-32(3)64-51)34(5)47(35(6)50(60)65-43)66-44(57)29-37-20-26-41(62-12)27-21-37/h15-27,31-35,42-43,46-49,51,58-59,61H,14,28-30H2,1-13H3. The van der Waals surface area contributed by atoms with Crippen molar-refractivity contribution in [3.8, 4) is 16.9 Å². The molecule has 67 heavy (non-hydrogen) atoms. The zero-order chi connectivity index (χ0) is 49.4. The van der Waals surface area contributed by atoms with Crippen LogP contribution in [0.4, 0.5) is 0 Å². The van der Waals surface area contributed by atoms with Crippen LogP contribution in [0.2, 0.25) is 0 Å². The molecule has 3 aromatic carbocycles. The molecular formula is C53H75N3O11. The molecule has 14 unspecified atom stereocenters. The molecule has 3 aromatic rings. The first-order chi connectivity index (χ1) is 31.6. The van der Waals surface area contributed by atoms with Crippen molar-refractivity contribution in [1.29, 1.82) is 0 Å². The first-order valence-corrected chi connectivity index (χ1v) is 23.6. The van der Waals surface area contributed by atoms with E-state index in [1.54, 1.807) is 59.3 Å². The quantitative estimate of drug-likeness (QED) is 0.0941. The van der Waals surface area contributed by atoms with Crippen molar-refractivity contribution in [3.05, 3.63) is 90.0 Å². The van der Waals surface area contributed by atoms with Crippen LogP contribution in [0.15, 0.2) is 89.1 Å². The molecule has 2 aliphatic heterocycles. The molecule has 0 aromatic heterocycles. The van der Waals surface area contributed by atoms with Crippen LogP contribution in [0.1, 0.15) is 92.7 Å². The number of nitrogens with zero attached hydrogens (tertiary/aromatic N) is 3. The van der Waals surface area contributed by atoms with Gasteiger partial charge in [0, 0.05) is 30.7 Å². The Hall–Kier alpha value is -4.54.